The molecule has 0 aliphatic carbocycles. The summed E-state index contributed by atoms with van der Waals surface area (Å²) in [6.45, 7) is 2.74. The van der Waals surface area contributed by atoms with E-state index in [4.69, 9.17) is 14.2 Å². The molecule has 2 amide bonds. The van der Waals surface area contributed by atoms with Crippen LogP contribution in [0.4, 0.5) is 24.1 Å². The molecule has 3 aromatic rings. The first-order valence-corrected chi connectivity index (χ1v) is 14.8. The van der Waals surface area contributed by atoms with Gasteiger partial charge in [0.15, 0.2) is 25.3 Å². The minimum atomic E-state index is -1.99. The SMILES string of the molecule is C[C@@H](N1CCN(c2ccc(-n3cnnn3)cc2)C1=O)[C@](O)(C[NH+]1CN(COC(=O)OCC2CCCO2)C=N1)c1ccc(F)cc1F.[Cl-]. The Hall–Kier alpha value is -4.45. The highest BCUT2D eigenvalue weighted by atomic mass is 35.5. The summed E-state index contributed by atoms with van der Waals surface area (Å²) in [7, 11) is 0. The molecule has 4 heterocycles. The number of amides is 2. The van der Waals surface area contributed by atoms with Gasteiger partial charge in [-0.1, -0.05) is 5.10 Å². The number of urea groups is 1. The van der Waals surface area contributed by atoms with Crippen LogP contribution < -0.4 is 22.3 Å². The highest BCUT2D eigenvalue weighted by Gasteiger charge is 2.49. The van der Waals surface area contributed by atoms with Gasteiger partial charge < -0.3 is 36.6 Å². The minimum absolute atomic E-state index is 0. The van der Waals surface area contributed by atoms with Gasteiger partial charge >= 0.3 is 12.2 Å². The third-order valence-corrected chi connectivity index (χ3v) is 8.39. The molecule has 3 aliphatic rings. The lowest BCUT2D eigenvalue weighted by molar-refractivity contribution is -0.915. The molecule has 0 bridgehead atoms. The molecule has 2 aromatic carbocycles. The second kappa shape index (κ2) is 14.5. The van der Waals surface area contributed by atoms with Crippen LogP contribution >= 0.6 is 0 Å². The number of carbonyl (C=O) groups excluding carboxylic acids is 2. The maximum absolute atomic E-state index is 15.3. The summed E-state index contributed by atoms with van der Waals surface area (Å²) in [5.41, 5.74) is -0.839. The fourth-order valence-electron chi connectivity index (χ4n) is 5.87. The number of carbonyl (C=O) groups is 2. The van der Waals surface area contributed by atoms with Crippen molar-refractivity contribution in [2.45, 2.75) is 37.5 Å². The largest absolute Gasteiger partial charge is 1.00 e. The topological polar surface area (TPSA) is 152 Å². The Morgan fingerprint density at radius 3 is 2.66 bits per heavy atom. The predicted octanol–water partition coefficient (Wildman–Crippen LogP) is -2.15. The molecule has 1 aromatic heterocycles. The Labute approximate surface area is 274 Å². The first-order valence-electron chi connectivity index (χ1n) is 14.8. The number of anilines is 1. The Bertz CT molecular complexity index is 1560. The number of aromatic nitrogens is 4. The van der Waals surface area contributed by atoms with Gasteiger partial charge in [0, 0.05) is 37.0 Å². The van der Waals surface area contributed by atoms with Crippen molar-refractivity contribution in [3.63, 3.8) is 0 Å². The van der Waals surface area contributed by atoms with E-state index in [1.165, 1.54) is 28.3 Å². The number of ether oxygens (including phenoxy) is 3. The molecule has 2 fully saturated rings. The van der Waals surface area contributed by atoms with Gasteiger partial charge in [-0.05, 0) is 66.6 Å². The van der Waals surface area contributed by atoms with Gasteiger partial charge in [-0.2, -0.15) is 5.01 Å². The van der Waals surface area contributed by atoms with E-state index in [1.54, 1.807) is 41.0 Å². The molecule has 2 unspecified atom stereocenters. The summed E-state index contributed by atoms with van der Waals surface area (Å²) >= 11 is 0. The number of nitrogens with zero attached hydrogens (tertiary/aromatic N) is 8. The molecule has 6 rings (SSSR count). The third kappa shape index (κ3) is 7.43. The van der Waals surface area contributed by atoms with Crippen LogP contribution in [0, 0.1) is 11.6 Å². The van der Waals surface area contributed by atoms with Crippen LogP contribution in [0.15, 0.2) is 53.9 Å². The van der Waals surface area contributed by atoms with Gasteiger partial charge in [0.25, 0.3) is 0 Å². The Kier molecular flexibility index (Phi) is 10.5. The number of hydrogen-bond acceptors (Lipinski definition) is 11. The van der Waals surface area contributed by atoms with Crippen LogP contribution in [0.3, 0.4) is 0 Å². The van der Waals surface area contributed by atoms with Crippen molar-refractivity contribution in [1.82, 2.24) is 30.0 Å². The zero-order valence-corrected chi connectivity index (χ0v) is 26.2. The summed E-state index contributed by atoms with van der Waals surface area (Å²) < 4.78 is 46.4. The second-order valence-electron chi connectivity index (χ2n) is 11.3. The Morgan fingerprint density at radius 2 is 1.96 bits per heavy atom. The van der Waals surface area contributed by atoms with E-state index in [0.717, 1.165) is 18.9 Å². The fraction of sp³-hybridized carbons (Fsp3) is 0.448. The maximum Gasteiger partial charge on any atom is 0.510 e. The summed E-state index contributed by atoms with van der Waals surface area (Å²) in [6.07, 6.45) is 3.65. The van der Waals surface area contributed by atoms with E-state index < -0.39 is 29.4 Å². The zero-order chi connectivity index (χ0) is 32.3. The molecule has 2 saturated heterocycles. The molecule has 3 aliphatic heterocycles. The highest BCUT2D eigenvalue weighted by Crippen LogP contribution is 2.33. The standard InChI is InChI=1S/C29H33F2N9O6.ClH/c1-20(38-10-11-39(27(38)41)22-5-7-23(8-6-22)40-16-32-34-35-40)29(43,25-9-4-21(30)13-26(25)31)15-37-18-36(17-33-37)19-46-28(42)45-14-24-3-2-12-44-24;/h4-9,13,16-17,20,24,43H,2-3,10-12,14-15,18-19H2,1H3;1H/t20-,24?,29-;/m1./s1. The van der Waals surface area contributed by atoms with Gasteiger partial charge in [-0.25, -0.2) is 23.1 Å². The lowest BCUT2D eigenvalue weighted by Crippen LogP contribution is -3.09. The van der Waals surface area contributed by atoms with Crippen LogP contribution in [0.2, 0.25) is 0 Å². The average molecular weight is 678 g/mol. The molecule has 18 heteroatoms. The smallest absolute Gasteiger partial charge is 0.510 e. The van der Waals surface area contributed by atoms with Crippen molar-refractivity contribution in [3.8, 4) is 5.69 Å². The van der Waals surface area contributed by atoms with Gasteiger partial charge in [0.05, 0.1) is 17.8 Å². The number of tetrazole rings is 1. The van der Waals surface area contributed by atoms with E-state index in [1.807, 2.05) is 0 Å². The van der Waals surface area contributed by atoms with E-state index in [2.05, 4.69) is 20.6 Å². The number of quaternary nitrogens is 1. The molecule has 2 N–H and O–H groups in total. The average Bonchev–Trinajstić information content (AvgIpc) is 3.87. The molecular formula is C29H34ClF2N9O6. The molecule has 15 nitrogen and oxygen atoms in total. The normalized spacial score (nSPS) is 21.1. The molecule has 0 spiro atoms. The summed E-state index contributed by atoms with van der Waals surface area (Å²) in [6, 6.07) is 8.65. The first kappa shape index (κ1) is 33.9. The number of hydrogen-bond donors (Lipinski definition) is 2. The van der Waals surface area contributed by atoms with Crippen LogP contribution in [0.1, 0.15) is 25.3 Å². The molecule has 0 radical (unpaired) electrons. The number of halogens is 3. The highest BCUT2D eigenvalue weighted by molar-refractivity contribution is 5.94. The Balaban J connectivity index is 0.00000433. The number of aliphatic hydroxyl groups is 1. The van der Waals surface area contributed by atoms with E-state index in [9.17, 15) is 19.1 Å². The number of benzene rings is 2. The molecule has 252 valence electrons. The van der Waals surface area contributed by atoms with E-state index in [0.29, 0.717) is 35.6 Å². The second-order valence-corrected chi connectivity index (χ2v) is 11.3. The molecule has 0 saturated carbocycles. The van der Waals surface area contributed by atoms with Gasteiger partial charge in [0.1, 0.15) is 31.1 Å². The van der Waals surface area contributed by atoms with Crippen molar-refractivity contribution in [2.75, 3.05) is 51.1 Å². The number of nitrogens with one attached hydrogen (secondary N) is 1. The summed E-state index contributed by atoms with van der Waals surface area (Å²) in [5.74, 6) is -1.75. The van der Waals surface area contributed by atoms with Crippen molar-refractivity contribution >= 4 is 24.2 Å². The van der Waals surface area contributed by atoms with E-state index in [-0.39, 0.29) is 63.2 Å². The maximum atomic E-state index is 15.3. The van der Waals surface area contributed by atoms with Crippen LogP contribution in [0.5, 0.6) is 0 Å². The summed E-state index contributed by atoms with van der Waals surface area (Å²) in [5, 5.41) is 28.1. The monoisotopic (exact) mass is 677 g/mol. The Morgan fingerprint density at radius 1 is 1.17 bits per heavy atom. The third-order valence-electron chi connectivity index (χ3n) is 8.39. The lowest BCUT2D eigenvalue weighted by Gasteiger charge is -2.39. The molecule has 47 heavy (non-hydrogen) atoms. The van der Waals surface area contributed by atoms with Crippen molar-refractivity contribution in [2.24, 2.45) is 5.10 Å². The van der Waals surface area contributed by atoms with Gasteiger partial charge in [-0.3, -0.25) is 9.80 Å². The van der Waals surface area contributed by atoms with Crippen molar-refractivity contribution in [1.29, 1.82) is 0 Å². The van der Waals surface area contributed by atoms with Crippen molar-refractivity contribution < 1.29 is 55.1 Å². The van der Waals surface area contributed by atoms with Crippen molar-refractivity contribution in [3.05, 3.63) is 66.0 Å². The molecular weight excluding hydrogens is 644 g/mol. The van der Waals surface area contributed by atoms with Crippen LogP contribution in [0.25, 0.3) is 5.69 Å². The zero-order valence-electron chi connectivity index (χ0n) is 25.4. The predicted molar refractivity (Wildman–Crippen MR) is 156 cm³/mol. The van der Waals surface area contributed by atoms with Gasteiger partial charge in [0.2, 0.25) is 0 Å². The fourth-order valence-corrected chi connectivity index (χ4v) is 5.87. The van der Waals surface area contributed by atoms with Crippen LogP contribution in [-0.4, -0.2) is 112 Å². The number of rotatable bonds is 11. The quantitative estimate of drug-likeness (QED) is 0.215. The lowest BCUT2D eigenvalue weighted by atomic mass is 9.85. The minimum Gasteiger partial charge on any atom is -1.00 e. The van der Waals surface area contributed by atoms with Gasteiger partial charge in [-0.15, -0.1) is 5.10 Å². The van der Waals surface area contributed by atoms with Crippen LogP contribution in [-0.2, 0) is 19.8 Å². The molecule has 4 atom stereocenters. The first-order chi connectivity index (χ1) is 22.2. The summed E-state index contributed by atoms with van der Waals surface area (Å²) in [4.78, 5) is 30.3. The van der Waals surface area contributed by atoms with E-state index >= 15 is 4.39 Å².